The zero-order chi connectivity index (χ0) is 17.8. The first-order valence-corrected chi connectivity index (χ1v) is 7.66. The van der Waals surface area contributed by atoms with Crippen LogP contribution >= 0.6 is 0 Å². The first kappa shape index (κ1) is 16.4. The van der Waals surface area contributed by atoms with Gasteiger partial charge in [0.25, 0.3) is 5.91 Å². The molecule has 0 radical (unpaired) electrons. The number of hydrogen-bond acceptors (Lipinski definition) is 4. The third-order valence-electron chi connectivity index (χ3n) is 3.79. The number of carbonyl (C=O) groups excluding carboxylic acids is 3. The predicted molar refractivity (Wildman–Crippen MR) is 91.4 cm³/mol. The minimum Gasteiger partial charge on any atom is -0.466 e. The molecule has 25 heavy (non-hydrogen) atoms. The number of amides is 3. The highest BCUT2D eigenvalue weighted by Crippen LogP contribution is 2.28. The van der Waals surface area contributed by atoms with Crippen molar-refractivity contribution in [2.45, 2.75) is 6.54 Å². The number of carbonyl (C=O) groups is 3. The van der Waals surface area contributed by atoms with E-state index in [1.807, 2.05) is 30.3 Å². The Morgan fingerprint density at radius 2 is 1.60 bits per heavy atom. The minimum atomic E-state index is -0.691. The number of benzene rings is 2. The maximum Gasteiger partial charge on any atom is 0.336 e. The molecule has 1 aliphatic rings. The summed E-state index contributed by atoms with van der Waals surface area (Å²) in [5.74, 6) is -1.25. The quantitative estimate of drug-likeness (QED) is 0.489. The maximum absolute atomic E-state index is 12.8. The third kappa shape index (κ3) is 3.28. The number of urea groups is 1. The lowest BCUT2D eigenvalue weighted by Crippen LogP contribution is -2.32. The molecule has 6 heteroatoms. The van der Waals surface area contributed by atoms with Crippen LogP contribution in [0.5, 0.6) is 0 Å². The molecule has 2 aromatic carbocycles. The second kappa shape index (κ2) is 7.00. The van der Waals surface area contributed by atoms with Crippen LogP contribution in [-0.4, -0.2) is 29.9 Å². The van der Waals surface area contributed by atoms with E-state index in [4.69, 9.17) is 0 Å². The van der Waals surface area contributed by atoms with Gasteiger partial charge in [0.05, 0.1) is 25.4 Å². The zero-order valence-electron chi connectivity index (χ0n) is 13.6. The van der Waals surface area contributed by atoms with Crippen LogP contribution in [0.15, 0.2) is 72.4 Å². The molecule has 0 atom stereocenters. The molecular weight excluding hydrogens is 320 g/mol. The van der Waals surface area contributed by atoms with Crippen LogP contribution < -0.4 is 4.90 Å². The summed E-state index contributed by atoms with van der Waals surface area (Å²) in [6, 6.07) is 17.3. The molecule has 126 valence electrons. The van der Waals surface area contributed by atoms with E-state index in [0.717, 1.165) is 16.5 Å². The van der Waals surface area contributed by atoms with Crippen molar-refractivity contribution in [1.29, 1.82) is 0 Å². The number of anilines is 1. The fourth-order valence-electron chi connectivity index (χ4n) is 2.57. The summed E-state index contributed by atoms with van der Waals surface area (Å²) < 4.78 is 4.61. The summed E-state index contributed by atoms with van der Waals surface area (Å²) in [7, 11) is 1.22. The van der Waals surface area contributed by atoms with E-state index in [1.54, 1.807) is 30.3 Å². The number of ether oxygens (including phenoxy) is 1. The Bertz CT molecular complexity index is 831. The summed E-state index contributed by atoms with van der Waals surface area (Å²) in [4.78, 5) is 39.6. The van der Waals surface area contributed by atoms with Gasteiger partial charge in [-0.25, -0.2) is 14.5 Å². The number of para-hydroxylation sites is 1. The Hall–Kier alpha value is -3.41. The molecule has 0 N–H and O–H groups in total. The van der Waals surface area contributed by atoms with Gasteiger partial charge < -0.3 is 4.74 Å². The third-order valence-corrected chi connectivity index (χ3v) is 3.79. The molecule has 3 rings (SSSR count). The average molecular weight is 336 g/mol. The standard InChI is InChI=1S/C19H16N2O4/c1-25-17(22)12-16-18(23)21(15-10-6-3-7-11-15)19(24)20(16)13-14-8-4-2-5-9-14/h2-12H,13H2,1H3/b16-12-. The van der Waals surface area contributed by atoms with Gasteiger partial charge in [0, 0.05) is 0 Å². The lowest BCUT2D eigenvalue weighted by atomic mass is 10.2. The molecule has 0 aromatic heterocycles. The van der Waals surface area contributed by atoms with Gasteiger partial charge in [-0.3, -0.25) is 9.69 Å². The largest absolute Gasteiger partial charge is 0.466 e. The van der Waals surface area contributed by atoms with Gasteiger partial charge >= 0.3 is 12.0 Å². The van der Waals surface area contributed by atoms with Crippen LogP contribution in [-0.2, 0) is 20.9 Å². The summed E-state index contributed by atoms with van der Waals surface area (Å²) in [5, 5.41) is 0. The molecule has 6 nitrogen and oxygen atoms in total. The molecule has 0 unspecified atom stereocenters. The first-order valence-electron chi connectivity index (χ1n) is 7.66. The average Bonchev–Trinajstić information content (AvgIpc) is 2.87. The molecule has 1 heterocycles. The Labute approximate surface area is 144 Å². The number of methoxy groups -OCH3 is 1. The molecule has 0 bridgehead atoms. The van der Waals surface area contributed by atoms with Crippen molar-refractivity contribution in [2.24, 2.45) is 0 Å². The topological polar surface area (TPSA) is 66.9 Å². The highest BCUT2D eigenvalue weighted by Gasteiger charge is 2.42. The van der Waals surface area contributed by atoms with E-state index < -0.39 is 17.9 Å². The lowest BCUT2D eigenvalue weighted by molar-refractivity contribution is -0.135. The molecule has 2 aromatic rings. The van der Waals surface area contributed by atoms with E-state index in [-0.39, 0.29) is 12.2 Å². The summed E-state index contributed by atoms with van der Waals surface area (Å²) in [5.41, 5.74) is 1.28. The van der Waals surface area contributed by atoms with E-state index in [9.17, 15) is 14.4 Å². The van der Waals surface area contributed by atoms with Gasteiger partial charge in [0.1, 0.15) is 5.70 Å². The molecule has 0 aliphatic carbocycles. The van der Waals surface area contributed by atoms with Crippen molar-refractivity contribution in [3.8, 4) is 0 Å². The first-order chi connectivity index (χ1) is 12.1. The molecule has 1 aliphatic heterocycles. The van der Waals surface area contributed by atoms with Crippen molar-refractivity contribution in [3.63, 3.8) is 0 Å². The van der Waals surface area contributed by atoms with Gasteiger partial charge in [-0.05, 0) is 17.7 Å². The second-order valence-electron chi connectivity index (χ2n) is 5.38. The van der Waals surface area contributed by atoms with Crippen LogP contribution in [0.1, 0.15) is 5.56 Å². The molecule has 1 saturated heterocycles. The molecule has 1 fully saturated rings. The van der Waals surface area contributed by atoms with Crippen molar-refractivity contribution in [1.82, 2.24) is 4.90 Å². The zero-order valence-corrected chi connectivity index (χ0v) is 13.6. The second-order valence-corrected chi connectivity index (χ2v) is 5.38. The fraction of sp³-hybridized carbons (Fsp3) is 0.105. The van der Waals surface area contributed by atoms with Gasteiger partial charge in [-0.15, -0.1) is 0 Å². The Kier molecular flexibility index (Phi) is 4.61. The van der Waals surface area contributed by atoms with Crippen LogP contribution in [0.2, 0.25) is 0 Å². The van der Waals surface area contributed by atoms with Crippen LogP contribution in [0, 0.1) is 0 Å². The van der Waals surface area contributed by atoms with Crippen molar-refractivity contribution in [3.05, 3.63) is 78.0 Å². The molecule has 0 saturated carbocycles. The number of rotatable bonds is 4. The van der Waals surface area contributed by atoms with Crippen LogP contribution in [0.25, 0.3) is 0 Å². The summed E-state index contributed by atoms with van der Waals surface area (Å²) in [6.07, 6.45) is 1.05. The van der Waals surface area contributed by atoms with Crippen molar-refractivity contribution >= 4 is 23.6 Å². The van der Waals surface area contributed by atoms with Gasteiger partial charge in [0.15, 0.2) is 0 Å². The van der Waals surface area contributed by atoms with Crippen molar-refractivity contribution < 1.29 is 19.1 Å². The van der Waals surface area contributed by atoms with Crippen LogP contribution in [0.3, 0.4) is 0 Å². The Morgan fingerprint density at radius 1 is 1.00 bits per heavy atom. The summed E-state index contributed by atoms with van der Waals surface area (Å²) >= 11 is 0. The summed E-state index contributed by atoms with van der Waals surface area (Å²) in [6.45, 7) is 0.178. The number of esters is 1. The normalized spacial score (nSPS) is 15.8. The molecular formula is C19H16N2O4. The number of imide groups is 1. The van der Waals surface area contributed by atoms with E-state index in [2.05, 4.69) is 4.74 Å². The maximum atomic E-state index is 12.8. The monoisotopic (exact) mass is 336 g/mol. The highest BCUT2D eigenvalue weighted by atomic mass is 16.5. The predicted octanol–water partition coefficient (Wildman–Crippen LogP) is 2.71. The highest BCUT2D eigenvalue weighted by molar-refractivity contribution is 6.27. The number of nitrogens with zero attached hydrogens (tertiary/aromatic N) is 2. The van der Waals surface area contributed by atoms with E-state index in [1.165, 1.54) is 12.0 Å². The Balaban J connectivity index is 2.01. The van der Waals surface area contributed by atoms with Gasteiger partial charge in [-0.1, -0.05) is 48.5 Å². The molecule has 0 spiro atoms. The minimum absolute atomic E-state index is 0.00967. The lowest BCUT2D eigenvalue weighted by Gasteiger charge is -2.17. The Morgan fingerprint density at radius 3 is 2.20 bits per heavy atom. The van der Waals surface area contributed by atoms with Gasteiger partial charge in [0.2, 0.25) is 0 Å². The van der Waals surface area contributed by atoms with E-state index in [0.29, 0.717) is 5.69 Å². The van der Waals surface area contributed by atoms with Gasteiger partial charge in [-0.2, -0.15) is 0 Å². The van der Waals surface area contributed by atoms with E-state index >= 15 is 0 Å². The SMILES string of the molecule is COC(=O)/C=C1/C(=O)N(c2ccccc2)C(=O)N1Cc1ccccc1. The number of hydrogen-bond donors (Lipinski definition) is 0. The smallest absolute Gasteiger partial charge is 0.336 e. The van der Waals surface area contributed by atoms with Crippen LogP contribution in [0.4, 0.5) is 10.5 Å². The fourth-order valence-corrected chi connectivity index (χ4v) is 2.57. The molecule has 3 amide bonds. The van der Waals surface area contributed by atoms with Crippen molar-refractivity contribution in [2.75, 3.05) is 12.0 Å².